The Bertz CT molecular complexity index is 2690. The standard InChI is InChI=1S/C55H55N/c1-33-14-20-39(21-15-33)28-40(44-24-18-35(3)26-37(44)5)29-41-30-47-53-51-45(41)12-11-13-46(51)54(7,8)48-31-43(32-49(52(48)53)55(47,9)10)56(42-22-16-34(2)17-23-42)50-25-19-36(4)27-38(50)6/h11-27,30-32,40H,28-29H2,1-10H3. The van der Waals surface area contributed by atoms with Crippen LogP contribution in [0.25, 0.3) is 21.9 Å². The minimum absolute atomic E-state index is 0.181. The van der Waals surface area contributed by atoms with Crippen molar-refractivity contribution in [1.82, 2.24) is 0 Å². The first-order valence-corrected chi connectivity index (χ1v) is 20.6. The lowest BCUT2D eigenvalue weighted by Crippen LogP contribution is -2.25. The predicted octanol–water partition coefficient (Wildman–Crippen LogP) is 14.7. The zero-order valence-corrected chi connectivity index (χ0v) is 35.0. The average molecular weight is 730 g/mol. The van der Waals surface area contributed by atoms with Crippen LogP contribution in [-0.2, 0) is 23.7 Å². The van der Waals surface area contributed by atoms with Crippen molar-refractivity contribution in [2.24, 2.45) is 0 Å². The van der Waals surface area contributed by atoms with Crippen LogP contribution in [0.4, 0.5) is 17.1 Å². The molecule has 280 valence electrons. The van der Waals surface area contributed by atoms with Crippen LogP contribution in [0.15, 0.2) is 121 Å². The lowest BCUT2D eigenvalue weighted by Gasteiger charge is -2.37. The van der Waals surface area contributed by atoms with Crippen molar-refractivity contribution in [3.8, 4) is 11.1 Å². The molecule has 7 aromatic rings. The van der Waals surface area contributed by atoms with E-state index >= 15 is 0 Å². The molecule has 2 aliphatic rings. The van der Waals surface area contributed by atoms with E-state index in [1.807, 2.05) is 0 Å². The maximum atomic E-state index is 2.62. The number of aryl methyl sites for hydroxylation is 6. The normalized spacial score (nSPS) is 15.0. The summed E-state index contributed by atoms with van der Waals surface area (Å²) in [6.07, 6.45) is 2.00. The van der Waals surface area contributed by atoms with Crippen molar-refractivity contribution in [2.45, 2.75) is 98.8 Å². The molecular weight excluding hydrogens is 675 g/mol. The van der Waals surface area contributed by atoms with Crippen LogP contribution in [0.1, 0.15) is 106 Å². The molecule has 0 aliphatic heterocycles. The third-order valence-electron chi connectivity index (χ3n) is 13.4. The van der Waals surface area contributed by atoms with Crippen molar-refractivity contribution < 1.29 is 0 Å². The largest absolute Gasteiger partial charge is 0.310 e. The van der Waals surface area contributed by atoms with E-state index in [1.165, 1.54) is 111 Å². The van der Waals surface area contributed by atoms with Gasteiger partial charge in [0.05, 0.1) is 0 Å². The van der Waals surface area contributed by atoms with Crippen molar-refractivity contribution in [1.29, 1.82) is 0 Å². The number of rotatable bonds is 8. The molecule has 0 heterocycles. The third-order valence-corrected chi connectivity index (χ3v) is 13.4. The summed E-state index contributed by atoms with van der Waals surface area (Å²) in [5.41, 5.74) is 24.2. The van der Waals surface area contributed by atoms with Gasteiger partial charge in [0, 0.05) is 27.9 Å². The first-order valence-electron chi connectivity index (χ1n) is 20.6. The second-order valence-corrected chi connectivity index (χ2v) is 18.3. The van der Waals surface area contributed by atoms with Gasteiger partial charge in [-0.2, -0.15) is 0 Å². The van der Waals surface area contributed by atoms with Crippen molar-refractivity contribution >= 4 is 27.8 Å². The summed E-state index contributed by atoms with van der Waals surface area (Å²) in [6.45, 7) is 23.2. The minimum atomic E-state index is -0.195. The van der Waals surface area contributed by atoms with E-state index in [-0.39, 0.29) is 10.8 Å². The number of hydrogen-bond donors (Lipinski definition) is 0. The molecular formula is C55H55N. The second-order valence-electron chi connectivity index (χ2n) is 18.3. The Morgan fingerprint density at radius 1 is 0.482 bits per heavy atom. The van der Waals surface area contributed by atoms with E-state index in [9.17, 15) is 0 Å². The van der Waals surface area contributed by atoms with Gasteiger partial charge in [0.1, 0.15) is 0 Å². The van der Waals surface area contributed by atoms with Gasteiger partial charge < -0.3 is 4.90 Å². The van der Waals surface area contributed by atoms with Gasteiger partial charge in [-0.25, -0.2) is 0 Å². The summed E-state index contributed by atoms with van der Waals surface area (Å²) >= 11 is 0. The molecule has 0 saturated heterocycles. The average Bonchev–Trinajstić information content (AvgIpc) is 3.38. The Morgan fingerprint density at radius 3 is 1.70 bits per heavy atom. The Hall–Kier alpha value is -5.40. The molecule has 0 aromatic heterocycles. The van der Waals surface area contributed by atoms with Crippen molar-refractivity contribution in [3.63, 3.8) is 0 Å². The summed E-state index contributed by atoms with van der Waals surface area (Å²) in [4.78, 5) is 2.50. The molecule has 0 saturated carbocycles. The number of benzene rings is 7. The predicted molar refractivity (Wildman–Crippen MR) is 240 cm³/mol. The number of anilines is 3. The molecule has 1 heteroatoms. The lowest BCUT2D eigenvalue weighted by atomic mass is 9.67. The Labute approximate surface area is 335 Å². The van der Waals surface area contributed by atoms with E-state index in [1.54, 1.807) is 0 Å². The highest BCUT2D eigenvalue weighted by Gasteiger charge is 2.46. The monoisotopic (exact) mass is 729 g/mol. The molecule has 1 atom stereocenters. The molecule has 1 nitrogen and oxygen atoms in total. The molecule has 2 aliphatic carbocycles. The van der Waals surface area contributed by atoms with Gasteiger partial charge in [-0.05, 0) is 163 Å². The van der Waals surface area contributed by atoms with Crippen molar-refractivity contribution in [3.05, 3.63) is 194 Å². The Kier molecular flexibility index (Phi) is 8.47. The summed E-state index contributed by atoms with van der Waals surface area (Å²) < 4.78 is 0. The van der Waals surface area contributed by atoms with E-state index in [0.29, 0.717) is 5.92 Å². The number of hydrogen-bond acceptors (Lipinski definition) is 1. The Morgan fingerprint density at radius 2 is 1.05 bits per heavy atom. The topological polar surface area (TPSA) is 3.24 Å². The molecule has 0 N–H and O–H groups in total. The van der Waals surface area contributed by atoms with Crippen LogP contribution in [0.3, 0.4) is 0 Å². The van der Waals surface area contributed by atoms with Gasteiger partial charge in [0.25, 0.3) is 0 Å². The van der Waals surface area contributed by atoms with E-state index in [4.69, 9.17) is 0 Å². The van der Waals surface area contributed by atoms with Gasteiger partial charge in [-0.15, -0.1) is 0 Å². The van der Waals surface area contributed by atoms with E-state index in [0.717, 1.165) is 12.8 Å². The van der Waals surface area contributed by atoms with Crippen LogP contribution < -0.4 is 4.90 Å². The molecule has 0 radical (unpaired) electrons. The first-order chi connectivity index (χ1) is 26.7. The molecule has 0 amide bonds. The van der Waals surface area contributed by atoms with Crippen LogP contribution in [-0.4, -0.2) is 0 Å². The molecule has 9 rings (SSSR count). The van der Waals surface area contributed by atoms with E-state index in [2.05, 4.69) is 195 Å². The summed E-state index contributed by atoms with van der Waals surface area (Å²) in [5.74, 6) is 0.356. The third kappa shape index (κ3) is 5.73. The van der Waals surface area contributed by atoms with Crippen LogP contribution in [0, 0.1) is 41.5 Å². The highest BCUT2D eigenvalue weighted by Crippen LogP contribution is 2.61. The van der Waals surface area contributed by atoms with Crippen LogP contribution in [0.2, 0.25) is 0 Å². The fraction of sp³-hybridized carbons (Fsp3) is 0.273. The van der Waals surface area contributed by atoms with Gasteiger partial charge in [-0.1, -0.05) is 141 Å². The first kappa shape index (κ1) is 36.3. The Balaban J connectivity index is 1.26. The molecule has 1 unspecified atom stereocenters. The van der Waals surface area contributed by atoms with E-state index < -0.39 is 0 Å². The molecule has 56 heavy (non-hydrogen) atoms. The highest BCUT2D eigenvalue weighted by molar-refractivity contribution is 6.10. The van der Waals surface area contributed by atoms with Gasteiger partial charge in [0.2, 0.25) is 0 Å². The second kappa shape index (κ2) is 13.1. The smallest absolute Gasteiger partial charge is 0.0490 e. The maximum Gasteiger partial charge on any atom is 0.0490 e. The zero-order valence-electron chi connectivity index (χ0n) is 35.0. The SMILES string of the molecule is Cc1ccc(CC(Cc2cc3c4c5c(cccc25)C(C)(C)c2cc(N(c5ccc(C)cc5)c5ccc(C)cc5C)cc(c2-4)C3(C)C)c2ccc(C)cc2C)cc1. The molecule has 0 fully saturated rings. The molecule has 7 aromatic carbocycles. The molecule has 0 bridgehead atoms. The maximum absolute atomic E-state index is 2.62. The summed E-state index contributed by atoms with van der Waals surface area (Å²) in [5, 5.41) is 2.89. The lowest BCUT2D eigenvalue weighted by molar-refractivity contribution is 0.639. The summed E-state index contributed by atoms with van der Waals surface area (Å²) in [6, 6.07) is 47.1. The fourth-order valence-corrected chi connectivity index (χ4v) is 10.3. The minimum Gasteiger partial charge on any atom is -0.310 e. The molecule has 0 spiro atoms. The van der Waals surface area contributed by atoms with Gasteiger partial charge in [-0.3, -0.25) is 0 Å². The van der Waals surface area contributed by atoms with Crippen molar-refractivity contribution in [2.75, 3.05) is 4.90 Å². The quantitative estimate of drug-likeness (QED) is 0.151. The zero-order chi connectivity index (χ0) is 39.3. The van der Waals surface area contributed by atoms with Gasteiger partial charge >= 0.3 is 0 Å². The van der Waals surface area contributed by atoms with Crippen LogP contribution in [0.5, 0.6) is 0 Å². The fourth-order valence-electron chi connectivity index (χ4n) is 10.3. The highest BCUT2D eigenvalue weighted by atomic mass is 15.1. The summed E-state index contributed by atoms with van der Waals surface area (Å²) in [7, 11) is 0. The van der Waals surface area contributed by atoms with Gasteiger partial charge in [0.15, 0.2) is 0 Å². The number of nitrogens with zero attached hydrogens (tertiary/aromatic N) is 1. The van der Waals surface area contributed by atoms with Crippen LogP contribution >= 0.6 is 0 Å².